The van der Waals surface area contributed by atoms with Gasteiger partial charge in [0.15, 0.2) is 11.5 Å². The van der Waals surface area contributed by atoms with Gasteiger partial charge in [-0.2, -0.15) is 0 Å². The molecule has 0 bridgehead atoms. The molecule has 1 aromatic carbocycles. The van der Waals surface area contributed by atoms with Crippen LogP contribution in [0.1, 0.15) is 46.6 Å². The molecule has 184 valence electrons. The Labute approximate surface area is 192 Å². The van der Waals surface area contributed by atoms with Crippen molar-refractivity contribution < 1.29 is 48.0 Å². The summed E-state index contributed by atoms with van der Waals surface area (Å²) in [6.07, 6.45) is -3.20. The van der Waals surface area contributed by atoms with Gasteiger partial charge in [0.1, 0.15) is 11.6 Å². The highest BCUT2D eigenvalue weighted by molar-refractivity contribution is 5.79. The number of hydrogen-bond acceptors (Lipinski definition) is 10. The first kappa shape index (κ1) is 27.7. The summed E-state index contributed by atoms with van der Waals surface area (Å²) < 4.78 is 24.8. The average Bonchev–Trinajstić information content (AvgIpc) is 2.69. The molecule has 0 saturated heterocycles. The molecule has 0 saturated carbocycles. The summed E-state index contributed by atoms with van der Waals surface area (Å²) >= 11 is 0. The molecule has 0 aliphatic heterocycles. The summed E-state index contributed by atoms with van der Waals surface area (Å²) in [6, 6.07) is 4.08. The van der Waals surface area contributed by atoms with Gasteiger partial charge in [-0.25, -0.2) is 9.59 Å². The summed E-state index contributed by atoms with van der Waals surface area (Å²) in [4.78, 5) is 47.3. The summed E-state index contributed by atoms with van der Waals surface area (Å²) in [5.41, 5.74) is 4.71. The van der Waals surface area contributed by atoms with Crippen LogP contribution in [0.5, 0.6) is 11.5 Å². The number of carbonyl (C=O) groups is 4. The van der Waals surface area contributed by atoms with Crippen molar-refractivity contribution in [1.82, 2.24) is 0 Å². The quantitative estimate of drug-likeness (QED) is 0.278. The monoisotopic (exact) mass is 469 g/mol. The van der Waals surface area contributed by atoms with Gasteiger partial charge < -0.3 is 34.5 Å². The van der Waals surface area contributed by atoms with Crippen molar-refractivity contribution >= 4 is 24.2 Å². The largest absolute Gasteiger partial charge is 0.513 e. The van der Waals surface area contributed by atoms with Gasteiger partial charge in [0, 0.05) is 12.8 Å². The zero-order valence-corrected chi connectivity index (χ0v) is 19.4. The van der Waals surface area contributed by atoms with Crippen molar-refractivity contribution in [3.63, 3.8) is 0 Å². The van der Waals surface area contributed by atoms with Crippen molar-refractivity contribution in [3.05, 3.63) is 23.8 Å². The van der Waals surface area contributed by atoms with Gasteiger partial charge in [-0.05, 0) is 38.5 Å². The van der Waals surface area contributed by atoms with E-state index in [0.29, 0.717) is 5.56 Å². The van der Waals surface area contributed by atoms with E-state index < -0.39 is 35.9 Å². The molecule has 1 unspecified atom stereocenters. The van der Waals surface area contributed by atoms with E-state index in [-0.39, 0.29) is 43.5 Å². The molecule has 0 aromatic heterocycles. The number of carboxylic acids is 1. The van der Waals surface area contributed by atoms with Gasteiger partial charge in [0.25, 0.3) is 0 Å². The average molecular weight is 469 g/mol. The molecule has 2 atom stereocenters. The van der Waals surface area contributed by atoms with Crippen LogP contribution in [0.25, 0.3) is 0 Å². The van der Waals surface area contributed by atoms with Crippen LogP contribution in [0.4, 0.5) is 9.59 Å². The molecule has 11 heteroatoms. The molecular formula is C22H31NO10. The molecule has 0 amide bonds. The van der Waals surface area contributed by atoms with E-state index in [1.807, 2.05) is 0 Å². The number of benzene rings is 1. The number of rotatable bonds is 11. The van der Waals surface area contributed by atoms with E-state index in [4.69, 9.17) is 29.4 Å². The summed E-state index contributed by atoms with van der Waals surface area (Å²) in [6.45, 7) is 8.16. The molecule has 3 N–H and O–H groups in total. The van der Waals surface area contributed by atoms with E-state index in [1.54, 1.807) is 34.6 Å². The Balaban J connectivity index is 3.16. The number of carboxylic acid groups (broad SMARTS) is 1. The topological polar surface area (TPSA) is 161 Å². The Bertz CT molecular complexity index is 854. The predicted octanol–water partition coefficient (Wildman–Crippen LogP) is 3.06. The van der Waals surface area contributed by atoms with E-state index in [1.165, 1.54) is 18.2 Å². The zero-order chi connectivity index (χ0) is 25.2. The normalized spacial score (nSPS) is 13.4. The van der Waals surface area contributed by atoms with Gasteiger partial charge in [-0.3, -0.25) is 9.59 Å². The van der Waals surface area contributed by atoms with Crippen LogP contribution in [0.3, 0.4) is 0 Å². The van der Waals surface area contributed by atoms with Crippen molar-refractivity contribution in [2.24, 2.45) is 11.7 Å². The van der Waals surface area contributed by atoms with Crippen molar-refractivity contribution in [1.29, 1.82) is 0 Å². The number of aliphatic carboxylic acids is 1. The zero-order valence-electron chi connectivity index (χ0n) is 19.4. The van der Waals surface area contributed by atoms with Gasteiger partial charge in [-0.15, -0.1) is 0 Å². The van der Waals surface area contributed by atoms with Crippen molar-refractivity contribution in [2.75, 3.05) is 13.2 Å². The van der Waals surface area contributed by atoms with Crippen LogP contribution < -0.4 is 15.2 Å². The first-order chi connectivity index (χ1) is 15.4. The molecule has 0 radical (unpaired) electrons. The van der Waals surface area contributed by atoms with Crippen LogP contribution in [0, 0.1) is 5.92 Å². The minimum absolute atomic E-state index is 0.0461. The second-order valence-electron chi connectivity index (χ2n) is 7.60. The summed E-state index contributed by atoms with van der Waals surface area (Å²) in [5.74, 6) is -2.48. The highest BCUT2D eigenvalue weighted by Gasteiger charge is 2.37. The fraction of sp³-hybridized carbons (Fsp3) is 0.545. The standard InChI is InChI=1S/C22H31NO10/c1-6-29-20(27)32-16-9-8-15(10-17(16)33-21(28)30-7-2)12-22(23,19(25)26)11-14(5)31-18(24)13(3)4/h8-10,13-14H,6-7,11-12,23H2,1-5H3,(H,25,26)/t14-,22?/m0/s1. The molecule has 0 fully saturated rings. The lowest BCUT2D eigenvalue weighted by molar-refractivity contribution is -0.156. The Morgan fingerprint density at radius 1 is 0.970 bits per heavy atom. The lowest BCUT2D eigenvalue weighted by atomic mass is 9.86. The SMILES string of the molecule is CCOC(=O)Oc1ccc(CC(N)(C[C@H](C)OC(=O)C(C)C)C(=O)O)cc1OC(=O)OCC. The predicted molar refractivity (Wildman–Crippen MR) is 115 cm³/mol. The lowest BCUT2D eigenvalue weighted by Crippen LogP contribution is -2.52. The minimum atomic E-state index is -1.80. The number of carbonyl (C=O) groups excluding carboxylic acids is 3. The molecule has 33 heavy (non-hydrogen) atoms. The summed E-state index contributed by atoms with van der Waals surface area (Å²) in [7, 11) is 0. The van der Waals surface area contributed by atoms with Gasteiger partial charge in [0.05, 0.1) is 19.1 Å². The van der Waals surface area contributed by atoms with E-state index in [9.17, 15) is 24.3 Å². The third-order valence-corrected chi connectivity index (χ3v) is 4.31. The first-order valence-corrected chi connectivity index (χ1v) is 10.5. The van der Waals surface area contributed by atoms with E-state index >= 15 is 0 Å². The van der Waals surface area contributed by atoms with E-state index in [0.717, 1.165) is 0 Å². The van der Waals surface area contributed by atoms with Crippen LogP contribution in [-0.2, 0) is 30.2 Å². The van der Waals surface area contributed by atoms with Crippen molar-refractivity contribution in [2.45, 2.75) is 59.1 Å². The van der Waals surface area contributed by atoms with E-state index in [2.05, 4.69) is 0 Å². The van der Waals surface area contributed by atoms with Gasteiger partial charge in [0.2, 0.25) is 0 Å². The molecule has 0 aliphatic rings. The van der Waals surface area contributed by atoms with Crippen LogP contribution in [-0.4, -0.2) is 54.2 Å². The molecule has 0 spiro atoms. The molecule has 0 heterocycles. The Morgan fingerprint density at radius 2 is 1.52 bits per heavy atom. The number of nitrogens with two attached hydrogens (primary N) is 1. The lowest BCUT2D eigenvalue weighted by Gasteiger charge is -2.28. The number of ether oxygens (including phenoxy) is 5. The fourth-order valence-electron chi connectivity index (χ4n) is 2.79. The van der Waals surface area contributed by atoms with Gasteiger partial charge in [-0.1, -0.05) is 19.9 Å². The maximum atomic E-state index is 12.0. The molecular weight excluding hydrogens is 438 g/mol. The third-order valence-electron chi connectivity index (χ3n) is 4.31. The van der Waals surface area contributed by atoms with Crippen LogP contribution in [0.2, 0.25) is 0 Å². The maximum absolute atomic E-state index is 12.0. The highest BCUT2D eigenvalue weighted by atomic mass is 16.7. The summed E-state index contributed by atoms with van der Waals surface area (Å²) in [5, 5.41) is 9.75. The molecule has 1 rings (SSSR count). The third kappa shape index (κ3) is 8.97. The highest BCUT2D eigenvalue weighted by Crippen LogP contribution is 2.31. The number of hydrogen-bond donors (Lipinski definition) is 2. The second kappa shape index (κ2) is 12.6. The van der Waals surface area contributed by atoms with Crippen LogP contribution in [0.15, 0.2) is 18.2 Å². The Hall–Kier alpha value is -3.34. The molecule has 1 aromatic rings. The molecule has 0 aliphatic carbocycles. The Morgan fingerprint density at radius 3 is 2.00 bits per heavy atom. The molecule has 11 nitrogen and oxygen atoms in total. The smallest absolute Gasteiger partial charge is 0.480 e. The van der Waals surface area contributed by atoms with Gasteiger partial charge >= 0.3 is 24.2 Å². The minimum Gasteiger partial charge on any atom is -0.480 e. The first-order valence-electron chi connectivity index (χ1n) is 10.5. The maximum Gasteiger partial charge on any atom is 0.513 e. The second-order valence-corrected chi connectivity index (χ2v) is 7.60. The Kier molecular flexibility index (Phi) is 10.6. The fourth-order valence-corrected chi connectivity index (χ4v) is 2.79. The van der Waals surface area contributed by atoms with Crippen LogP contribution >= 0.6 is 0 Å². The van der Waals surface area contributed by atoms with Crippen molar-refractivity contribution in [3.8, 4) is 11.5 Å². The number of esters is 1.